The Hall–Kier alpha value is -1.22. The van der Waals surface area contributed by atoms with Crippen molar-refractivity contribution in [3.05, 3.63) is 0 Å². The number of unbranched alkanes of at least 4 members (excludes halogenated alkanes) is 23. The monoisotopic (exact) mass is 709 g/mol. The van der Waals surface area contributed by atoms with Crippen LogP contribution in [0.5, 0.6) is 0 Å². The van der Waals surface area contributed by atoms with Crippen molar-refractivity contribution in [1.29, 1.82) is 0 Å². The molecule has 0 aliphatic rings. The number of nitrogens with zero attached hydrogens (tertiary/aromatic N) is 1. The highest BCUT2D eigenvalue weighted by atomic mass is 16.2. The maximum absolute atomic E-state index is 13.2. The molecule has 0 heterocycles. The highest BCUT2D eigenvalue weighted by molar-refractivity contribution is 5.85. The van der Waals surface area contributed by atoms with E-state index >= 15 is 0 Å². The molecule has 0 saturated carbocycles. The first-order chi connectivity index (χ1) is 24.7. The average Bonchev–Trinajstić information content (AvgIpc) is 3.12. The standard InChI is InChI=1S/C42H88N6O2/c1-3-5-7-9-11-13-15-17-19-21-23-27-37-48(38-28-24-22-20-18-16-14-12-10-8-6-4-2)42(50)40-47-41(49)39-46-36-30-35-45-33-26-25-32-44-34-29-31-43/h44-46H,3-40,43H2,1-2H3,(H,47,49). The number of carbonyl (C=O) groups excluding carboxylic acids is 2. The molecule has 0 aliphatic carbocycles. The first-order valence-electron chi connectivity index (χ1n) is 22.0. The van der Waals surface area contributed by atoms with Crippen LogP contribution in [0.3, 0.4) is 0 Å². The Kier molecular flexibility index (Phi) is 41.2. The fraction of sp³-hybridized carbons (Fsp3) is 0.952. The van der Waals surface area contributed by atoms with E-state index in [0.717, 1.165) is 84.5 Å². The Bertz CT molecular complexity index is 667. The molecule has 0 spiro atoms. The van der Waals surface area contributed by atoms with Crippen molar-refractivity contribution < 1.29 is 9.59 Å². The summed E-state index contributed by atoms with van der Waals surface area (Å²) in [6, 6.07) is 0. The van der Waals surface area contributed by atoms with Gasteiger partial charge in [0.25, 0.3) is 0 Å². The van der Waals surface area contributed by atoms with Crippen LogP contribution in [0.4, 0.5) is 0 Å². The lowest BCUT2D eigenvalue weighted by atomic mass is 10.0. The molecule has 0 aromatic carbocycles. The van der Waals surface area contributed by atoms with Gasteiger partial charge in [-0.3, -0.25) is 9.59 Å². The molecule has 0 aromatic heterocycles. The predicted molar refractivity (Wildman–Crippen MR) is 218 cm³/mol. The second-order valence-corrected chi connectivity index (χ2v) is 14.8. The fourth-order valence-corrected chi connectivity index (χ4v) is 6.51. The van der Waals surface area contributed by atoms with Crippen LogP contribution in [0.15, 0.2) is 0 Å². The lowest BCUT2D eigenvalue weighted by Gasteiger charge is -2.23. The number of carbonyl (C=O) groups is 2. The molecule has 298 valence electrons. The minimum absolute atomic E-state index is 0.0725. The molecule has 0 aliphatic heterocycles. The van der Waals surface area contributed by atoms with E-state index in [1.54, 1.807) is 0 Å². The molecule has 0 bridgehead atoms. The van der Waals surface area contributed by atoms with Crippen molar-refractivity contribution in [2.45, 2.75) is 194 Å². The summed E-state index contributed by atoms with van der Waals surface area (Å²) in [6.45, 7) is 12.1. The molecule has 8 heteroatoms. The lowest BCUT2D eigenvalue weighted by molar-refractivity contribution is -0.132. The summed E-state index contributed by atoms with van der Waals surface area (Å²) < 4.78 is 0. The molecule has 6 N–H and O–H groups in total. The highest BCUT2D eigenvalue weighted by Gasteiger charge is 2.14. The molecule has 0 radical (unpaired) electrons. The molecular formula is C42H88N6O2. The Labute approximate surface area is 311 Å². The summed E-state index contributed by atoms with van der Waals surface area (Å²) in [5.41, 5.74) is 5.51. The highest BCUT2D eigenvalue weighted by Crippen LogP contribution is 2.14. The van der Waals surface area contributed by atoms with Crippen molar-refractivity contribution in [3.63, 3.8) is 0 Å². The summed E-state index contributed by atoms with van der Waals surface area (Å²) in [4.78, 5) is 27.6. The lowest BCUT2D eigenvalue weighted by Crippen LogP contribution is -2.43. The van der Waals surface area contributed by atoms with Crippen LogP contribution in [0, 0.1) is 0 Å². The molecule has 8 nitrogen and oxygen atoms in total. The van der Waals surface area contributed by atoms with Gasteiger partial charge in [-0.05, 0) is 77.8 Å². The van der Waals surface area contributed by atoms with Crippen LogP contribution in [0.25, 0.3) is 0 Å². The first kappa shape index (κ1) is 48.8. The summed E-state index contributed by atoms with van der Waals surface area (Å²) in [5, 5.41) is 13.0. The van der Waals surface area contributed by atoms with Gasteiger partial charge in [0.2, 0.25) is 11.8 Å². The molecule has 0 unspecified atom stereocenters. The minimum atomic E-state index is -0.0934. The van der Waals surface area contributed by atoms with Gasteiger partial charge in [-0.2, -0.15) is 0 Å². The maximum Gasteiger partial charge on any atom is 0.241 e. The summed E-state index contributed by atoms with van der Waals surface area (Å²) in [6.07, 6.45) is 36.1. The number of nitrogens with one attached hydrogen (secondary N) is 4. The van der Waals surface area contributed by atoms with Gasteiger partial charge in [0.15, 0.2) is 0 Å². The molecule has 0 fully saturated rings. The third-order valence-electron chi connectivity index (χ3n) is 9.86. The SMILES string of the molecule is CCCCCCCCCCCCCCN(CCCCCCCCCCCCCC)C(=O)CNC(=O)CNCCCNCCCCNCCCN. The van der Waals surface area contributed by atoms with Gasteiger partial charge in [-0.15, -0.1) is 0 Å². The minimum Gasteiger partial charge on any atom is -0.346 e. The molecule has 0 rings (SSSR count). The normalized spacial score (nSPS) is 11.3. The fourth-order valence-electron chi connectivity index (χ4n) is 6.51. The Balaban J connectivity index is 4.16. The van der Waals surface area contributed by atoms with E-state index in [1.807, 2.05) is 4.90 Å². The molecule has 50 heavy (non-hydrogen) atoms. The smallest absolute Gasteiger partial charge is 0.241 e. The van der Waals surface area contributed by atoms with Gasteiger partial charge >= 0.3 is 0 Å². The van der Waals surface area contributed by atoms with Crippen molar-refractivity contribution in [1.82, 2.24) is 26.2 Å². The Morgan fingerprint density at radius 2 is 0.780 bits per heavy atom. The van der Waals surface area contributed by atoms with E-state index in [1.165, 1.54) is 148 Å². The summed E-state index contributed by atoms with van der Waals surface area (Å²) in [5.74, 6) is -0.0209. The second kappa shape index (κ2) is 42.2. The largest absolute Gasteiger partial charge is 0.346 e. The van der Waals surface area contributed by atoms with Gasteiger partial charge < -0.3 is 31.9 Å². The molecule has 0 saturated heterocycles. The van der Waals surface area contributed by atoms with Crippen LogP contribution in [-0.4, -0.2) is 82.2 Å². The van der Waals surface area contributed by atoms with Crippen LogP contribution < -0.4 is 27.0 Å². The van der Waals surface area contributed by atoms with E-state index < -0.39 is 0 Å². The van der Waals surface area contributed by atoms with Crippen LogP contribution in [0.2, 0.25) is 0 Å². The van der Waals surface area contributed by atoms with Gasteiger partial charge in [0, 0.05) is 13.1 Å². The van der Waals surface area contributed by atoms with E-state index in [2.05, 4.69) is 35.1 Å². The van der Waals surface area contributed by atoms with Crippen molar-refractivity contribution >= 4 is 11.8 Å². The maximum atomic E-state index is 13.2. The average molecular weight is 709 g/mol. The molecular weight excluding hydrogens is 621 g/mol. The van der Waals surface area contributed by atoms with E-state index in [4.69, 9.17) is 5.73 Å². The third-order valence-corrected chi connectivity index (χ3v) is 9.86. The van der Waals surface area contributed by atoms with Crippen LogP contribution >= 0.6 is 0 Å². The topological polar surface area (TPSA) is 112 Å². The van der Waals surface area contributed by atoms with Gasteiger partial charge in [0.05, 0.1) is 13.1 Å². The number of nitrogens with two attached hydrogens (primary N) is 1. The van der Waals surface area contributed by atoms with Gasteiger partial charge in [-0.25, -0.2) is 0 Å². The number of amides is 2. The number of hydrogen-bond donors (Lipinski definition) is 5. The van der Waals surface area contributed by atoms with E-state index in [-0.39, 0.29) is 24.9 Å². The molecule has 2 amide bonds. The Morgan fingerprint density at radius 3 is 1.20 bits per heavy atom. The van der Waals surface area contributed by atoms with Gasteiger partial charge in [-0.1, -0.05) is 155 Å². The summed E-state index contributed by atoms with van der Waals surface area (Å²) in [7, 11) is 0. The van der Waals surface area contributed by atoms with E-state index in [0.29, 0.717) is 0 Å². The molecule has 0 atom stereocenters. The zero-order chi connectivity index (χ0) is 36.4. The van der Waals surface area contributed by atoms with Gasteiger partial charge in [0.1, 0.15) is 0 Å². The van der Waals surface area contributed by atoms with Crippen LogP contribution in [-0.2, 0) is 9.59 Å². The predicted octanol–water partition coefficient (Wildman–Crippen LogP) is 8.62. The van der Waals surface area contributed by atoms with E-state index in [9.17, 15) is 9.59 Å². The van der Waals surface area contributed by atoms with Crippen molar-refractivity contribution in [2.75, 3.05) is 65.4 Å². The van der Waals surface area contributed by atoms with Crippen LogP contribution in [0.1, 0.15) is 194 Å². The number of hydrogen-bond acceptors (Lipinski definition) is 6. The molecule has 0 aromatic rings. The zero-order valence-corrected chi connectivity index (χ0v) is 33.7. The number of rotatable bonds is 42. The zero-order valence-electron chi connectivity index (χ0n) is 33.7. The quantitative estimate of drug-likeness (QED) is 0.0406. The Morgan fingerprint density at radius 1 is 0.420 bits per heavy atom. The van der Waals surface area contributed by atoms with Crippen molar-refractivity contribution in [3.8, 4) is 0 Å². The van der Waals surface area contributed by atoms with Crippen molar-refractivity contribution in [2.24, 2.45) is 5.73 Å². The summed E-state index contributed by atoms with van der Waals surface area (Å²) >= 11 is 0. The first-order valence-corrected chi connectivity index (χ1v) is 22.0. The second-order valence-electron chi connectivity index (χ2n) is 14.8. The third kappa shape index (κ3) is 38.0.